The second kappa shape index (κ2) is 10.5. The van der Waals surface area contributed by atoms with E-state index in [9.17, 15) is 10.1 Å². The molecule has 1 atom stereocenters. The van der Waals surface area contributed by atoms with Gasteiger partial charge in [-0.2, -0.15) is 5.26 Å². The summed E-state index contributed by atoms with van der Waals surface area (Å²) in [6, 6.07) is 19.3. The summed E-state index contributed by atoms with van der Waals surface area (Å²) in [4.78, 5) is 13.7. The van der Waals surface area contributed by atoms with Gasteiger partial charge in [0.2, 0.25) is 0 Å². The number of rotatable bonds is 9. The highest BCUT2D eigenvalue weighted by Crippen LogP contribution is 2.21. The minimum absolute atomic E-state index is 0.000410. The molecule has 0 spiro atoms. The van der Waals surface area contributed by atoms with Crippen molar-refractivity contribution in [2.24, 2.45) is 5.92 Å². The van der Waals surface area contributed by atoms with Crippen LogP contribution in [0.25, 0.3) is 0 Å². The van der Waals surface area contributed by atoms with Crippen LogP contribution in [-0.4, -0.2) is 24.3 Å². The number of nitrogens with one attached hydrogen (secondary N) is 1. The van der Waals surface area contributed by atoms with E-state index < -0.39 is 6.10 Å². The van der Waals surface area contributed by atoms with Crippen LogP contribution in [0.2, 0.25) is 0 Å². The highest BCUT2D eigenvalue weighted by molar-refractivity contribution is 7.99. The smallest absolute Gasteiger partial charge is 0.261 e. The summed E-state index contributed by atoms with van der Waals surface area (Å²) in [6.45, 7) is 4.47. The van der Waals surface area contributed by atoms with E-state index in [-0.39, 0.29) is 11.8 Å². The van der Waals surface area contributed by atoms with Crippen LogP contribution in [0.15, 0.2) is 59.5 Å². The predicted molar refractivity (Wildman–Crippen MR) is 105 cm³/mol. The molecule has 0 aliphatic rings. The van der Waals surface area contributed by atoms with Crippen molar-refractivity contribution < 1.29 is 9.53 Å². The van der Waals surface area contributed by atoms with E-state index in [0.717, 1.165) is 12.2 Å². The fraction of sp³-hybridized carbons (Fsp3) is 0.333. The van der Waals surface area contributed by atoms with E-state index in [1.54, 1.807) is 36.0 Å². The maximum absolute atomic E-state index is 12.5. The van der Waals surface area contributed by atoms with Crippen molar-refractivity contribution in [3.8, 4) is 11.8 Å². The average Bonchev–Trinajstić information content (AvgIpc) is 2.66. The minimum atomic E-state index is -0.619. The van der Waals surface area contributed by atoms with Crippen molar-refractivity contribution in [2.75, 3.05) is 12.3 Å². The van der Waals surface area contributed by atoms with Crippen molar-refractivity contribution in [2.45, 2.75) is 31.3 Å². The SMILES string of the molecule is CC(C)C(Oc1ccccc1C#N)C(=O)NCCCSc1ccccc1. The van der Waals surface area contributed by atoms with Gasteiger partial charge in [-0.25, -0.2) is 0 Å². The Morgan fingerprint density at radius 1 is 1.15 bits per heavy atom. The standard InChI is InChI=1S/C21H24N2O2S/c1-16(2)20(25-19-12-7-6-9-17(19)15-22)21(24)23-13-8-14-26-18-10-4-3-5-11-18/h3-7,9-12,16,20H,8,13-14H2,1-2H3,(H,23,24). The van der Waals surface area contributed by atoms with Gasteiger partial charge in [0.05, 0.1) is 5.56 Å². The molecule has 0 bridgehead atoms. The van der Waals surface area contributed by atoms with Gasteiger partial charge >= 0.3 is 0 Å². The van der Waals surface area contributed by atoms with Crippen molar-refractivity contribution in [3.05, 3.63) is 60.2 Å². The highest BCUT2D eigenvalue weighted by atomic mass is 32.2. The first-order chi connectivity index (χ1) is 12.6. The van der Waals surface area contributed by atoms with E-state index in [0.29, 0.717) is 17.9 Å². The summed E-state index contributed by atoms with van der Waals surface area (Å²) >= 11 is 1.78. The Hall–Kier alpha value is -2.45. The molecule has 4 nitrogen and oxygen atoms in total. The molecular formula is C21H24N2O2S. The topological polar surface area (TPSA) is 62.1 Å². The number of nitrogens with zero attached hydrogens (tertiary/aromatic N) is 1. The van der Waals surface area contributed by atoms with Crippen LogP contribution < -0.4 is 10.1 Å². The molecule has 2 aromatic carbocycles. The third-order valence-electron chi connectivity index (χ3n) is 3.76. The van der Waals surface area contributed by atoms with Crippen molar-refractivity contribution in [1.82, 2.24) is 5.32 Å². The lowest BCUT2D eigenvalue weighted by Gasteiger charge is -2.22. The van der Waals surface area contributed by atoms with E-state index in [1.165, 1.54) is 4.90 Å². The molecule has 1 N–H and O–H groups in total. The van der Waals surface area contributed by atoms with Gasteiger partial charge in [0.1, 0.15) is 11.8 Å². The van der Waals surface area contributed by atoms with Crippen LogP contribution >= 0.6 is 11.8 Å². The maximum Gasteiger partial charge on any atom is 0.261 e. The Morgan fingerprint density at radius 2 is 1.85 bits per heavy atom. The molecule has 0 saturated carbocycles. The Balaban J connectivity index is 1.82. The number of carbonyl (C=O) groups excluding carboxylic acids is 1. The van der Waals surface area contributed by atoms with Gasteiger partial charge in [-0.05, 0) is 42.4 Å². The molecular weight excluding hydrogens is 344 g/mol. The van der Waals surface area contributed by atoms with E-state index >= 15 is 0 Å². The van der Waals surface area contributed by atoms with Gasteiger partial charge in [-0.3, -0.25) is 4.79 Å². The van der Waals surface area contributed by atoms with Crippen molar-refractivity contribution in [3.63, 3.8) is 0 Å². The lowest BCUT2D eigenvalue weighted by molar-refractivity contribution is -0.129. The summed E-state index contributed by atoms with van der Waals surface area (Å²) < 4.78 is 5.85. The Labute approximate surface area is 159 Å². The van der Waals surface area contributed by atoms with Gasteiger partial charge in [0.15, 0.2) is 6.10 Å². The molecule has 136 valence electrons. The van der Waals surface area contributed by atoms with Crippen LogP contribution in [0, 0.1) is 17.2 Å². The van der Waals surface area contributed by atoms with E-state index in [4.69, 9.17) is 4.74 Å². The number of carbonyl (C=O) groups is 1. The average molecular weight is 369 g/mol. The second-order valence-electron chi connectivity index (χ2n) is 6.20. The lowest BCUT2D eigenvalue weighted by atomic mass is 10.1. The summed E-state index contributed by atoms with van der Waals surface area (Å²) in [7, 11) is 0. The molecule has 0 fully saturated rings. The number of para-hydroxylation sites is 1. The Morgan fingerprint density at radius 3 is 2.54 bits per heavy atom. The highest BCUT2D eigenvalue weighted by Gasteiger charge is 2.24. The molecule has 1 amide bonds. The zero-order chi connectivity index (χ0) is 18.8. The lowest BCUT2D eigenvalue weighted by Crippen LogP contribution is -2.42. The number of thioether (sulfide) groups is 1. The molecule has 0 aromatic heterocycles. The van der Waals surface area contributed by atoms with Gasteiger partial charge in [0, 0.05) is 11.4 Å². The third kappa shape index (κ3) is 6.12. The molecule has 0 aliphatic heterocycles. The fourth-order valence-electron chi connectivity index (χ4n) is 2.38. The van der Waals surface area contributed by atoms with Crippen LogP contribution in [0.3, 0.4) is 0 Å². The summed E-state index contributed by atoms with van der Waals surface area (Å²) in [5.74, 6) is 1.25. The van der Waals surface area contributed by atoms with Crippen molar-refractivity contribution >= 4 is 17.7 Å². The fourth-order valence-corrected chi connectivity index (χ4v) is 3.26. The van der Waals surface area contributed by atoms with Crippen molar-refractivity contribution in [1.29, 1.82) is 5.26 Å². The van der Waals surface area contributed by atoms with Gasteiger partial charge in [-0.1, -0.05) is 44.2 Å². The molecule has 0 saturated heterocycles. The van der Waals surface area contributed by atoms with Crippen LogP contribution in [0.1, 0.15) is 25.8 Å². The predicted octanol–water partition coefficient (Wildman–Crippen LogP) is 4.26. The number of benzene rings is 2. The summed E-state index contributed by atoms with van der Waals surface area (Å²) in [5, 5.41) is 12.1. The van der Waals surface area contributed by atoms with Gasteiger partial charge in [-0.15, -0.1) is 11.8 Å². The van der Waals surface area contributed by atoms with Gasteiger partial charge in [0.25, 0.3) is 5.91 Å². The quantitative estimate of drug-likeness (QED) is 0.531. The number of hydrogen-bond donors (Lipinski definition) is 1. The number of nitriles is 1. The molecule has 2 aromatic rings. The maximum atomic E-state index is 12.5. The number of ether oxygens (including phenoxy) is 1. The summed E-state index contributed by atoms with van der Waals surface area (Å²) in [5.41, 5.74) is 0.435. The molecule has 26 heavy (non-hydrogen) atoms. The minimum Gasteiger partial charge on any atom is -0.479 e. The monoisotopic (exact) mass is 368 g/mol. The summed E-state index contributed by atoms with van der Waals surface area (Å²) in [6.07, 6.45) is 0.261. The molecule has 0 aliphatic carbocycles. The number of hydrogen-bond acceptors (Lipinski definition) is 4. The first-order valence-corrected chi connectivity index (χ1v) is 9.71. The number of amides is 1. The van der Waals surface area contributed by atoms with Crippen LogP contribution in [-0.2, 0) is 4.79 Å². The zero-order valence-corrected chi connectivity index (χ0v) is 16.0. The first-order valence-electron chi connectivity index (χ1n) is 8.73. The normalized spacial score (nSPS) is 11.6. The molecule has 0 heterocycles. The van der Waals surface area contributed by atoms with E-state index in [2.05, 4.69) is 23.5 Å². The van der Waals surface area contributed by atoms with Gasteiger partial charge < -0.3 is 10.1 Å². The Bertz CT molecular complexity index is 741. The largest absolute Gasteiger partial charge is 0.479 e. The van der Waals surface area contributed by atoms with Crippen LogP contribution in [0.4, 0.5) is 0 Å². The zero-order valence-electron chi connectivity index (χ0n) is 15.1. The molecule has 1 unspecified atom stereocenters. The molecule has 0 radical (unpaired) electrons. The first kappa shape index (κ1) is 19.9. The van der Waals surface area contributed by atoms with E-state index in [1.807, 2.05) is 32.0 Å². The van der Waals surface area contributed by atoms with Crippen LogP contribution in [0.5, 0.6) is 5.75 Å². The third-order valence-corrected chi connectivity index (χ3v) is 4.86. The Kier molecular flexibility index (Phi) is 8.04. The molecule has 2 rings (SSSR count). The second-order valence-corrected chi connectivity index (χ2v) is 7.36. The molecule has 5 heteroatoms.